The molecule has 54 heavy (non-hydrogen) atoms. The highest BCUT2D eigenvalue weighted by atomic mass is 16.3. The molecule has 5 heteroatoms. The lowest BCUT2D eigenvalue weighted by molar-refractivity contribution is 0.670. The third-order valence-corrected chi connectivity index (χ3v) is 10.4. The first-order chi connectivity index (χ1) is 26.8. The van der Waals surface area contributed by atoms with Gasteiger partial charge in [-0.1, -0.05) is 140 Å². The highest BCUT2D eigenvalue weighted by Gasteiger charge is 2.20. The van der Waals surface area contributed by atoms with Crippen LogP contribution in [0.1, 0.15) is 0 Å². The van der Waals surface area contributed by atoms with Gasteiger partial charge in [0.05, 0.1) is 11.0 Å². The summed E-state index contributed by atoms with van der Waals surface area (Å²) in [6.07, 6.45) is 0. The Labute approximate surface area is 310 Å². The number of nitrogens with zero attached hydrogens (tertiary/aromatic N) is 4. The minimum absolute atomic E-state index is 0.613. The number of hydrogen-bond donors (Lipinski definition) is 0. The van der Waals surface area contributed by atoms with Gasteiger partial charge in [-0.05, 0) is 58.8 Å². The molecule has 3 aromatic heterocycles. The van der Waals surface area contributed by atoms with Crippen molar-refractivity contribution < 1.29 is 4.42 Å². The standard InChI is InChI=1S/C49H30N4O/c1-3-14-31(15-4-1)47-50-48(32-16-5-2-6-17-32)52-49(51-47)35-20-13-19-33(28-35)40-29-34-18-7-8-21-37(34)45-41-30-36(26-27-44(41)54-46(40)45)53-42-24-11-9-22-38(42)39-23-10-12-25-43(39)53/h1-30H. The van der Waals surface area contributed by atoms with Gasteiger partial charge in [-0.3, -0.25) is 0 Å². The van der Waals surface area contributed by atoms with Crippen LogP contribution in [0.2, 0.25) is 0 Å². The van der Waals surface area contributed by atoms with E-state index < -0.39 is 0 Å². The van der Waals surface area contributed by atoms with Gasteiger partial charge in [0, 0.05) is 49.5 Å². The van der Waals surface area contributed by atoms with Crippen LogP contribution in [0.15, 0.2) is 186 Å². The van der Waals surface area contributed by atoms with Gasteiger partial charge in [0.15, 0.2) is 17.5 Å². The summed E-state index contributed by atoms with van der Waals surface area (Å²) in [6, 6.07) is 63.2. The second kappa shape index (κ2) is 12.1. The van der Waals surface area contributed by atoms with Crippen LogP contribution in [-0.4, -0.2) is 19.5 Å². The average Bonchev–Trinajstić information content (AvgIpc) is 3.80. The Morgan fingerprint density at radius 1 is 0.389 bits per heavy atom. The lowest BCUT2D eigenvalue weighted by Crippen LogP contribution is -2.00. The first-order valence-electron chi connectivity index (χ1n) is 18.1. The van der Waals surface area contributed by atoms with Gasteiger partial charge in [-0.25, -0.2) is 15.0 Å². The molecular weight excluding hydrogens is 661 g/mol. The molecule has 0 unspecified atom stereocenters. The summed E-state index contributed by atoms with van der Waals surface area (Å²) < 4.78 is 9.20. The third kappa shape index (κ3) is 4.83. The lowest BCUT2D eigenvalue weighted by atomic mass is 9.95. The molecule has 0 fully saturated rings. The monoisotopic (exact) mass is 690 g/mol. The second-order valence-electron chi connectivity index (χ2n) is 13.6. The summed E-state index contributed by atoms with van der Waals surface area (Å²) in [5.41, 5.74) is 9.96. The maximum atomic E-state index is 6.84. The van der Waals surface area contributed by atoms with Crippen molar-refractivity contribution in [2.75, 3.05) is 0 Å². The van der Waals surface area contributed by atoms with E-state index in [1.165, 1.54) is 21.8 Å². The number of aromatic nitrogens is 4. The van der Waals surface area contributed by atoms with Crippen LogP contribution >= 0.6 is 0 Å². The van der Waals surface area contributed by atoms with E-state index in [0.717, 1.165) is 66.2 Å². The van der Waals surface area contributed by atoms with Crippen molar-refractivity contribution >= 4 is 54.5 Å². The molecule has 0 radical (unpaired) electrons. The van der Waals surface area contributed by atoms with E-state index in [-0.39, 0.29) is 0 Å². The van der Waals surface area contributed by atoms with Gasteiger partial charge in [0.2, 0.25) is 0 Å². The molecule has 0 amide bonds. The lowest BCUT2D eigenvalue weighted by Gasteiger charge is -2.11. The molecule has 0 saturated carbocycles. The van der Waals surface area contributed by atoms with E-state index in [2.05, 4.69) is 126 Å². The quantitative estimate of drug-likeness (QED) is 0.180. The highest BCUT2D eigenvalue weighted by molar-refractivity contribution is 6.23. The number of fused-ring (bicyclic) bond motifs is 8. The van der Waals surface area contributed by atoms with Crippen LogP contribution in [0.4, 0.5) is 0 Å². The number of hydrogen-bond acceptors (Lipinski definition) is 4. The Bertz CT molecular complexity index is 3110. The van der Waals surface area contributed by atoms with E-state index >= 15 is 0 Å². The molecule has 0 aliphatic rings. The molecule has 252 valence electrons. The second-order valence-corrected chi connectivity index (χ2v) is 13.6. The van der Waals surface area contributed by atoms with Crippen LogP contribution in [-0.2, 0) is 0 Å². The van der Waals surface area contributed by atoms with Crippen molar-refractivity contribution in [3.8, 4) is 51.0 Å². The van der Waals surface area contributed by atoms with Gasteiger partial charge in [0.1, 0.15) is 11.2 Å². The van der Waals surface area contributed by atoms with E-state index in [0.29, 0.717) is 17.5 Å². The van der Waals surface area contributed by atoms with E-state index in [1.807, 2.05) is 60.7 Å². The number of para-hydroxylation sites is 2. The minimum Gasteiger partial charge on any atom is -0.455 e. The fourth-order valence-electron chi connectivity index (χ4n) is 7.93. The summed E-state index contributed by atoms with van der Waals surface area (Å²) >= 11 is 0. The molecule has 0 spiro atoms. The SMILES string of the molecule is c1ccc(-c2nc(-c3ccccc3)nc(-c3cccc(-c4cc5ccccc5c5c4oc4ccc(-n6c7ccccc7c7ccccc76)cc45)c3)n2)cc1. The van der Waals surface area contributed by atoms with Crippen molar-refractivity contribution in [1.82, 2.24) is 19.5 Å². The number of furan rings is 1. The summed E-state index contributed by atoms with van der Waals surface area (Å²) in [6.45, 7) is 0. The summed E-state index contributed by atoms with van der Waals surface area (Å²) in [4.78, 5) is 14.9. The first kappa shape index (κ1) is 30.3. The van der Waals surface area contributed by atoms with Crippen LogP contribution in [0.5, 0.6) is 0 Å². The zero-order valence-electron chi connectivity index (χ0n) is 29.0. The van der Waals surface area contributed by atoms with E-state index in [1.54, 1.807) is 0 Å². The zero-order chi connectivity index (χ0) is 35.6. The summed E-state index contributed by atoms with van der Waals surface area (Å²) in [5.74, 6) is 1.88. The van der Waals surface area contributed by atoms with Crippen molar-refractivity contribution in [2.45, 2.75) is 0 Å². The predicted molar refractivity (Wildman–Crippen MR) is 221 cm³/mol. The zero-order valence-corrected chi connectivity index (χ0v) is 29.0. The van der Waals surface area contributed by atoms with E-state index in [4.69, 9.17) is 19.4 Å². The van der Waals surface area contributed by atoms with Crippen LogP contribution in [0, 0.1) is 0 Å². The normalized spacial score (nSPS) is 11.7. The van der Waals surface area contributed by atoms with Crippen LogP contribution in [0.3, 0.4) is 0 Å². The molecule has 0 aliphatic heterocycles. The van der Waals surface area contributed by atoms with Crippen molar-refractivity contribution in [2.24, 2.45) is 0 Å². The molecule has 0 aliphatic carbocycles. The molecule has 0 atom stereocenters. The maximum Gasteiger partial charge on any atom is 0.164 e. The molecule has 5 nitrogen and oxygen atoms in total. The Balaban J connectivity index is 1.12. The summed E-state index contributed by atoms with van der Waals surface area (Å²) in [5, 5.41) is 6.96. The van der Waals surface area contributed by atoms with Gasteiger partial charge < -0.3 is 8.98 Å². The number of benzene rings is 8. The Kier molecular flexibility index (Phi) is 6.79. The highest BCUT2D eigenvalue weighted by Crippen LogP contribution is 2.43. The largest absolute Gasteiger partial charge is 0.455 e. The molecule has 0 N–H and O–H groups in total. The molecule has 3 heterocycles. The topological polar surface area (TPSA) is 56.7 Å². The molecule has 11 aromatic rings. The smallest absolute Gasteiger partial charge is 0.164 e. The third-order valence-electron chi connectivity index (χ3n) is 10.4. The predicted octanol–water partition coefficient (Wildman–Crippen LogP) is 12.7. The first-order valence-corrected chi connectivity index (χ1v) is 18.1. The van der Waals surface area contributed by atoms with E-state index in [9.17, 15) is 0 Å². The van der Waals surface area contributed by atoms with Crippen molar-refractivity contribution in [1.29, 1.82) is 0 Å². The molecule has 0 saturated heterocycles. The van der Waals surface area contributed by atoms with Gasteiger partial charge in [0.25, 0.3) is 0 Å². The van der Waals surface area contributed by atoms with Crippen LogP contribution in [0.25, 0.3) is 105 Å². The van der Waals surface area contributed by atoms with Gasteiger partial charge >= 0.3 is 0 Å². The van der Waals surface area contributed by atoms with Gasteiger partial charge in [-0.2, -0.15) is 0 Å². The van der Waals surface area contributed by atoms with Crippen molar-refractivity contribution in [3.63, 3.8) is 0 Å². The maximum absolute atomic E-state index is 6.84. The average molecular weight is 691 g/mol. The van der Waals surface area contributed by atoms with Gasteiger partial charge in [-0.15, -0.1) is 0 Å². The Hall–Kier alpha value is -7.37. The number of rotatable bonds is 5. The fraction of sp³-hybridized carbons (Fsp3) is 0. The molecule has 11 rings (SSSR count). The minimum atomic E-state index is 0.613. The Morgan fingerprint density at radius 3 is 1.59 bits per heavy atom. The Morgan fingerprint density at radius 2 is 0.926 bits per heavy atom. The molecular formula is C49H30N4O. The molecule has 8 aromatic carbocycles. The van der Waals surface area contributed by atoms with Crippen LogP contribution < -0.4 is 0 Å². The van der Waals surface area contributed by atoms with Crippen molar-refractivity contribution in [3.05, 3.63) is 182 Å². The molecule has 0 bridgehead atoms. The summed E-state index contributed by atoms with van der Waals surface area (Å²) in [7, 11) is 0. The fourth-order valence-corrected chi connectivity index (χ4v) is 7.93.